The number of rotatable bonds is 4. The van der Waals surface area contributed by atoms with Gasteiger partial charge in [-0.2, -0.15) is 0 Å². The monoisotopic (exact) mass is 181 g/mol. The van der Waals surface area contributed by atoms with Gasteiger partial charge in [0.1, 0.15) is 0 Å². The van der Waals surface area contributed by atoms with Gasteiger partial charge in [-0.3, -0.25) is 9.59 Å². The van der Waals surface area contributed by atoms with Crippen molar-refractivity contribution >= 4 is 24.2 Å². The molecule has 0 rings (SSSR count). The lowest BCUT2D eigenvalue weighted by Crippen LogP contribution is -2.20. The molecule has 66 valence electrons. The van der Waals surface area contributed by atoms with Gasteiger partial charge in [-0.1, -0.05) is 6.92 Å². The minimum atomic E-state index is -0.373. The van der Waals surface area contributed by atoms with E-state index in [-0.39, 0.29) is 43.7 Å². The molecule has 0 fully saturated rings. The summed E-state index contributed by atoms with van der Waals surface area (Å²) in [6.45, 7) is 1.40. The first kappa shape index (κ1) is 13.0. The normalized spacial score (nSPS) is 8.18. The number of esters is 1. The largest absolute Gasteiger partial charge is 0.458 e. The van der Waals surface area contributed by atoms with E-state index in [9.17, 15) is 9.59 Å². The minimum absolute atomic E-state index is 0. The van der Waals surface area contributed by atoms with Gasteiger partial charge in [0.2, 0.25) is 0 Å². The van der Waals surface area contributed by atoms with Gasteiger partial charge in [-0.25, -0.2) is 0 Å². The van der Waals surface area contributed by atoms with Gasteiger partial charge < -0.3 is 10.5 Å². The third-order valence-electron chi connectivity index (χ3n) is 0.910. The fraction of sp³-hybridized carbons (Fsp3) is 0.667. The third-order valence-corrected chi connectivity index (χ3v) is 0.910. The zero-order valence-corrected chi connectivity index (χ0v) is 7.15. The Morgan fingerprint density at radius 3 is 2.36 bits per heavy atom. The highest BCUT2D eigenvalue weighted by molar-refractivity contribution is 5.85. The molecule has 0 saturated heterocycles. The van der Waals surface area contributed by atoms with Crippen molar-refractivity contribution in [3.05, 3.63) is 0 Å². The number of ketones is 1. The fourth-order valence-electron chi connectivity index (χ4n) is 0.322. The number of ether oxygens (including phenoxy) is 1. The van der Waals surface area contributed by atoms with Crippen LogP contribution in [0.4, 0.5) is 0 Å². The molecule has 5 heteroatoms. The van der Waals surface area contributed by atoms with Crippen LogP contribution < -0.4 is 5.73 Å². The summed E-state index contributed by atoms with van der Waals surface area (Å²) in [6, 6.07) is 0. The lowest BCUT2D eigenvalue weighted by atomic mass is 10.4. The maximum Gasteiger partial charge on any atom is 0.305 e. The number of hydrogen-bond acceptors (Lipinski definition) is 4. The second-order valence-electron chi connectivity index (χ2n) is 1.76. The standard InChI is InChI=1S/C6H11NO3.ClH/c1-2-6(9)10-4-5(8)3-7;/h2-4,7H2,1H3;1H. The summed E-state index contributed by atoms with van der Waals surface area (Å²) in [5.74, 6) is -0.636. The van der Waals surface area contributed by atoms with Gasteiger partial charge >= 0.3 is 5.97 Å². The van der Waals surface area contributed by atoms with Crippen LogP contribution in [0, 0.1) is 0 Å². The summed E-state index contributed by atoms with van der Waals surface area (Å²) in [6.07, 6.45) is 0.290. The second kappa shape index (κ2) is 7.50. The van der Waals surface area contributed by atoms with Crippen molar-refractivity contribution in [3.8, 4) is 0 Å². The summed E-state index contributed by atoms with van der Waals surface area (Å²) in [5, 5.41) is 0. The van der Waals surface area contributed by atoms with E-state index in [1.54, 1.807) is 6.92 Å². The zero-order valence-electron chi connectivity index (χ0n) is 6.33. The summed E-state index contributed by atoms with van der Waals surface area (Å²) >= 11 is 0. The van der Waals surface area contributed by atoms with Crippen molar-refractivity contribution in [2.45, 2.75) is 13.3 Å². The number of carbonyl (C=O) groups excluding carboxylic acids is 2. The average Bonchev–Trinajstić information content (AvgIpc) is 1.99. The molecule has 0 unspecified atom stereocenters. The van der Waals surface area contributed by atoms with Crippen molar-refractivity contribution in [1.29, 1.82) is 0 Å². The summed E-state index contributed by atoms with van der Waals surface area (Å²) in [4.78, 5) is 20.8. The predicted molar refractivity (Wildman–Crippen MR) is 42.6 cm³/mol. The van der Waals surface area contributed by atoms with Crippen LogP contribution in [-0.4, -0.2) is 24.9 Å². The van der Waals surface area contributed by atoms with Crippen molar-refractivity contribution in [2.24, 2.45) is 5.73 Å². The van der Waals surface area contributed by atoms with Crippen LogP contribution >= 0.6 is 12.4 Å². The first-order chi connectivity index (χ1) is 4.70. The third kappa shape index (κ3) is 7.29. The number of halogens is 1. The van der Waals surface area contributed by atoms with Gasteiger partial charge in [-0.05, 0) is 0 Å². The van der Waals surface area contributed by atoms with Gasteiger partial charge in [-0.15, -0.1) is 12.4 Å². The molecule has 0 aliphatic carbocycles. The SMILES string of the molecule is CCC(=O)OCC(=O)CN.Cl. The molecule has 0 amide bonds. The van der Waals surface area contributed by atoms with E-state index in [0.717, 1.165) is 0 Å². The topological polar surface area (TPSA) is 69.4 Å². The quantitative estimate of drug-likeness (QED) is 0.615. The molecule has 0 aliphatic heterocycles. The Bertz CT molecular complexity index is 122. The molecule has 0 saturated carbocycles. The Morgan fingerprint density at radius 1 is 1.45 bits per heavy atom. The highest BCUT2D eigenvalue weighted by Crippen LogP contribution is 1.83. The van der Waals surface area contributed by atoms with Crippen LogP contribution in [0.1, 0.15) is 13.3 Å². The van der Waals surface area contributed by atoms with E-state index in [1.165, 1.54) is 0 Å². The Balaban J connectivity index is 0. The highest BCUT2D eigenvalue weighted by Gasteiger charge is 2.02. The molecule has 0 bridgehead atoms. The molecule has 2 N–H and O–H groups in total. The molecular formula is C6H12ClNO3. The lowest BCUT2D eigenvalue weighted by Gasteiger charge is -1.98. The average molecular weight is 182 g/mol. The summed E-state index contributed by atoms with van der Waals surface area (Å²) < 4.78 is 4.48. The van der Waals surface area contributed by atoms with Crippen LogP contribution in [0.15, 0.2) is 0 Å². The van der Waals surface area contributed by atoms with E-state index in [1.807, 2.05) is 0 Å². The molecule has 0 spiro atoms. The molecule has 0 radical (unpaired) electrons. The van der Waals surface area contributed by atoms with Crippen molar-refractivity contribution < 1.29 is 14.3 Å². The predicted octanol–water partition coefficient (Wildman–Crippen LogP) is -0.111. The molecular weight excluding hydrogens is 170 g/mol. The van der Waals surface area contributed by atoms with Crippen LogP contribution in [-0.2, 0) is 14.3 Å². The van der Waals surface area contributed by atoms with Crippen LogP contribution in [0.3, 0.4) is 0 Å². The molecule has 4 nitrogen and oxygen atoms in total. The molecule has 0 aromatic heterocycles. The number of carbonyl (C=O) groups is 2. The fourth-order valence-corrected chi connectivity index (χ4v) is 0.322. The highest BCUT2D eigenvalue weighted by atomic mass is 35.5. The van der Waals surface area contributed by atoms with E-state index in [2.05, 4.69) is 4.74 Å². The van der Waals surface area contributed by atoms with E-state index in [4.69, 9.17) is 5.73 Å². The summed E-state index contributed by atoms with van der Waals surface area (Å²) in [5.41, 5.74) is 4.96. The van der Waals surface area contributed by atoms with Crippen molar-refractivity contribution in [1.82, 2.24) is 0 Å². The van der Waals surface area contributed by atoms with Gasteiger partial charge in [0.05, 0.1) is 6.54 Å². The van der Waals surface area contributed by atoms with Crippen LogP contribution in [0.5, 0.6) is 0 Å². The first-order valence-electron chi connectivity index (χ1n) is 3.08. The lowest BCUT2D eigenvalue weighted by molar-refractivity contribution is -0.147. The van der Waals surface area contributed by atoms with Crippen molar-refractivity contribution in [3.63, 3.8) is 0 Å². The summed E-state index contributed by atoms with van der Waals surface area (Å²) in [7, 11) is 0. The Kier molecular flexibility index (Phi) is 8.87. The van der Waals surface area contributed by atoms with E-state index >= 15 is 0 Å². The molecule has 0 heterocycles. The maximum atomic E-state index is 10.4. The zero-order chi connectivity index (χ0) is 7.98. The Morgan fingerprint density at radius 2 is 2.00 bits per heavy atom. The Hall–Kier alpha value is -0.610. The minimum Gasteiger partial charge on any atom is -0.458 e. The molecule has 0 atom stereocenters. The number of Topliss-reactive ketones (excluding diaryl/α,β-unsaturated/α-hetero) is 1. The Labute approximate surface area is 71.5 Å². The van der Waals surface area contributed by atoms with Gasteiger partial charge in [0.25, 0.3) is 0 Å². The van der Waals surface area contributed by atoms with E-state index < -0.39 is 0 Å². The van der Waals surface area contributed by atoms with Gasteiger partial charge in [0, 0.05) is 6.42 Å². The number of nitrogens with two attached hydrogens (primary N) is 1. The van der Waals surface area contributed by atoms with Crippen molar-refractivity contribution in [2.75, 3.05) is 13.2 Å². The molecule has 0 aromatic carbocycles. The smallest absolute Gasteiger partial charge is 0.305 e. The number of hydrogen-bond donors (Lipinski definition) is 1. The molecule has 0 aliphatic rings. The second-order valence-corrected chi connectivity index (χ2v) is 1.76. The van der Waals surface area contributed by atoms with Crippen LogP contribution in [0.25, 0.3) is 0 Å². The molecule has 11 heavy (non-hydrogen) atoms. The van der Waals surface area contributed by atoms with Crippen LogP contribution in [0.2, 0.25) is 0 Å². The first-order valence-corrected chi connectivity index (χ1v) is 3.08. The van der Waals surface area contributed by atoms with E-state index in [0.29, 0.717) is 0 Å². The molecule has 0 aromatic rings. The van der Waals surface area contributed by atoms with Gasteiger partial charge in [0.15, 0.2) is 12.4 Å². The maximum absolute atomic E-state index is 10.4.